The van der Waals surface area contributed by atoms with Crippen molar-refractivity contribution in [2.45, 2.75) is 13.8 Å². The molecule has 0 atom stereocenters. The number of carbonyl (C=O) groups is 1. The van der Waals surface area contributed by atoms with Gasteiger partial charge in [-0.25, -0.2) is 0 Å². The van der Waals surface area contributed by atoms with Gasteiger partial charge in [-0.3, -0.25) is 4.79 Å². The Morgan fingerprint density at radius 2 is 1.84 bits per heavy atom. The Morgan fingerprint density at radius 1 is 1.16 bits per heavy atom. The normalized spacial score (nSPS) is 10.2. The van der Waals surface area contributed by atoms with E-state index in [1.807, 2.05) is 62.4 Å². The number of nitrogen functional groups attached to an aromatic ring is 1. The monoisotopic (exact) mass is 254 g/mol. The molecule has 0 fully saturated rings. The number of anilines is 2. The predicted molar refractivity (Wildman–Crippen MR) is 79.4 cm³/mol. The van der Waals surface area contributed by atoms with Gasteiger partial charge in [-0.2, -0.15) is 0 Å². The third-order valence-corrected chi connectivity index (χ3v) is 3.15. The van der Waals surface area contributed by atoms with E-state index in [1.165, 1.54) is 0 Å². The van der Waals surface area contributed by atoms with Crippen LogP contribution in [0.4, 0.5) is 11.4 Å². The van der Waals surface area contributed by atoms with Crippen LogP contribution < -0.4 is 10.6 Å². The van der Waals surface area contributed by atoms with Crippen LogP contribution in [0.2, 0.25) is 0 Å². The number of nitrogens with two attached hydrogens (primary N) is 1. The first kappa shape index (κ1) is 13.1. The molecule has 2 aromatic rings. The largest absolute Gasteiger partial charge is 0.399 e. The summed E-state index contributed by atoms with van der Waals surface area (Å²) in [5.41, 5.74) is 9.11. The molecule has 0 aliphatic carbocycles. The molecule has 2 rings (SSSR count). The molecule has 3 heteroatoms. The maximum Gasteiger partial charge on any atom is 0.258 e. The van der Waals surface area contributed by atoms with Gasteiger partial charge in [0.1, 0.15) is 0 Å². The van der Waals surface area contributed by atoms with E-state index in [2.05, 4.69) is 0 Å². The summed E-state index contributed by atoms with van der Waals surface area (Å²) in [7, 11) is 0. The van der Waals surface area contributed by atoms with Crippen LogP contribution in [0.3, 0.4) is 0 Å². The Morgan fingerprint density at radius 3 is 2.42 bits per heavy atom. The molecule has 19 heavy (non-hydrogen) atoms. The quantitative estimate of drug-likeness (QED) is 0.855. The van der Waals surface area contributed by atoms with Crippen molar-refractivity contribution in [2.24, 2.45) is 0 Å². The van der Waals surface area contributed by atoms with Gasteiger partial charge in [0, 0.05) is 23.5 Å². The molecule has 0 aliphatic heterocycles. The number of carbonyl (C=O) groups excluding carboxylic acids is 1. The summed E-state index contributed by atoms with van der Waals surface area (Å²) in [5.74, 6) is 0.00673. The van der Waals surface area contributed by atoms with Gasteiger partial charge in [0.15, 0.2) is 0 Å². The first-order chi connectivity index (χ1) is 9.13. The van der Waals surface area contributed by atoms with Crippen LogP contribution >= 0.6 is 0 Å². The number of aryl methyl sites for hydroxylation is 1. The van der Waals surface area contributed by atoms with E-state index in [0.717, 1.165) is 16.9 Å². The highest BCUT2D eigenvalue weighted by molar-refractivity contribution is 6.06. The Bertz CT molecular complexity index is 579. The second-order valence-corrected chi connectivity index (χ2v) is 4.46. The molecule has 0 aliphatic rings. The summed E-state index contributed by atoms with van der Waals surface area (Å²) < 4.78 is 0. The molecule has 2 aromatic carbocycles. The van der Waals surface area contributed by atoms with E-state index in [-0.39, 0.29) is 5.91 Å². The molecular formula is C16H18N2O. The van der Waals surface area contributed by atoms with Crippen LogP contribution in [0, 0.1) is 6.92 Å². The number of benzene rings is 2. The molecule has 1 amide bonds. The SMILES string of the molecule is CCN(C(=O)c1ccccc1)c1ccc(N)c(C)c1. The summed E-state index contributed by atoms with van der Waals surface area (Å²) in [6, 6.07) is 15.0. The van der Waals surface area contributed by atoms with E-state index < -0.39 is 0 Å². The molecular weight excluding hydrogens is 236 g/mol. The predicted octanol–water partition coefficient (Wildman–Crippen LogP) is 3.24. The average molecular weight is 254 g/mol. The molecule has 0 spiro atoms. The maximum absolute atomic E-state index is 12.5. The Labute approximate surface area is 113 Å². The number of hydrogen-bond acceptors (Lipinski definition) is 2. The molecule has 0 radical (unpaired) electrons. The zero-order chi connectivity index (χ0) is 13.8. The van der Waals surface area contributed by atoms with Gasteiger partial charge in [0.25, 0.3) is 5.91 Å². The molecule has 0 unspecified atom stereocenters. The fourth-order valence-corrected chi connectivity index (χ4v) is 2.01. The van der Waals surface area contributed by atoms with Crippen molar-refractivity contribution >= 4 is 17.3 Å². The van der Waals surface area contributed by atoms with Gasteiger partial charge in [-0.1, -0.05) is 18.2 Å². The summed E-state index contributed by atoms with van der Waals surface area (Å²) in [6.45, 7) is 4.53. The van der Waals surface area contributed by atoms with Crippen LogP contribution in [0.25, 0.3) is 0 Å². The number of amides is 1. The molecule has 0 aromatic heterocycles. The molecule has 0 heterocycles. The first-order valence-electron chi connectivity index (χ1n) is 6.36. The minimum atomic E-state index is 0.00673. The highest BCUT2D eigenvalue weighted by Crippen LogP contribution is 2.22. The van der Waals surface area contributed by atoms with E-state index in [9.17, 15) is 4.79 Å². The van der Waals surface area contributed by atoms with Crippen molar-refractivity contribution in [3.63, 3.8) is 0 Å². The number of hydrogen-bond donors (Lipinski definition) is 1. The summed E-state index contributed by atoms with van der Waals surface area (Å²) in [6.07, 6.45) is 0. The lowest BCUT2D eigenvalue weighted by Crippen LogP contribution is -2.30. The van der Waals surface area contributed by atoms with Gasteiger partial charge >= 0.3 is 0 Å². The molecule has 2 N–H and O–H groups in total. The highest BCUT2D eigenvalue weighted by Gasteiger charge is 2.15. The topological polar surface area (TPSA) is 46.3 Å². The van der Waals surface area contributed by atoms with Crippen molar-refractivity contribution in [1.29, 1.82) is 0 Å². The fourth-order valence-electron chi connectivity index (χ4n) is 2.01. The lowest BCUT2D eigenvalue weighted by molar-refractivity contribution is 0.0988. The second-order valence-electron chi connectivity index (χ2n) is 4.46. The zero-order valence-corrected chi connectivity index (χ0v) is 11.3. The van der Waals surface area contributed by atoms with Crippen LogP contribution in [0.1, 0.15) is 22.8 Å². The van der Waals surface area contributed by atoms with E-state index in [0.29, 0.717) is 12.1 Å². The van der Waals surface area contributed by atoms with Gasteiger partial charge in [0.05, 0.1) is 0 Å². The first-order valence-corrected chi connectivity index (χ1v) is 6.36. The van der Waals surface area contributed by atoms with Crippen molar-refractivity contribution in [3.05, 3.63) is 59.7 Å². The number of rotatable bonds is 3. The Balaban J connectivity index is 2.34. The lowest BCUT2D eigenvalue weighted by Gasteiger charge is -2.22. The summed E-state index contributed by atoms with van der Waals surface area (Å²) in [5, 5.41) is 0. The van der Waals surface area contributed by atoms with Crippen molar-refractivity contribution < 1.29 is 4.79 Å². The Hall–Kier alpha value is -2.29. The standard InChI is InChI=1S/C16H18N2O/c1-3-18(14-9-10-15(17)12(2)11-14)16(19)13-7-5-4-6-8-13/h4-11H,3,17H2,1-2H3. The van der Waals surface area contributed by atoms with Gasteiger partial charge in [-0.05, 0) is 49.7 Å². The average Bonchev–Trinajstić information content (AvgIpc) is 2.44. The van der Waals surface area contributed by atoms with Crippen LogP contribution in [-0.4, -0.2) is 12.5 Å². The highest BCUT2D eigenvalue weighted by atomic mass is 16.2. The molecule has 0 saturated heterocycles. The fraction of sp³-hybridized carbons (Fsp3) is 0.188. The summed E-state index contributed by atoms with van der Waals surface area (Å²) >= 11 is 0. The third-order valence-electron chi connectivity index (χ3n) is 3.15. The zero-order valence-electron chi connectivity index (χ0n) is 11.3. The summed E-state index contributed by atoms with van der Waals surface area (Å²) in [4.78, 5) is 14.2. The van der Waals surface area contributed by atoms with Crippen molar-refractivity contribution in [3.8, 4) is 0 Å². The minimum Gasteiger partial charge on any atom is -0.399 e. The van der Waals surface area contributed by atoms with E-state index in [1.54, 1.807) is 4.90 Å². The van der Waals surface area contributed by atoms with Crippen LogP contribution in [0.5, 0.6) is 0 Å². The maximum atomic E-state index is 12.5. The van der Waals surface area contributed by atoms with Crippen LogP contribution in [0.15, 0.2) is 48.5 Å². The lowest BCUT2D eigenvalue weighted by atomic mass is 10.1. The molecule has 98 valence electrons. The molecule has 0 bridgehead atoms. The van der Waals surface area contributed by atoms with Crippen molar-refractivity contribution in [1.82, 2.24) is 0 Å². The number of nitrogens with zero attached hydrogens (tertiary/aromatic N) is 1. The van der Waals surface area contributed by atoms with Gasteiger partial charge in [-0.15, -0.1) is 0 Å². The van der Waals surface area contributed by atoms with Gasteiger partial charge in [0.2, 0.25) is 0 Å². The minimum absolute atomic E-state index is 0.00673. The second kappa shape index (κ2) is 5.57. The van der Waals surface area contributed by atoms with Crippen molar-refractivity contribution in [2.75, 3.05) is 17.2 Å². The third kappa shape index (κ3) is 2.76. The van der Waals surface area contributed by atoms with E-state index >= 15 is 0 Å². The van der Waals surface area contributed by atoms with Gasteiger partial charge < -0.3 is 10.6 Å². The molecule has 3 nitrogen and oxygen atoms in total. The smallest absolute Gasteiger partial charge is 0.258 e. The Kier molecular flexibility index (Phi) is 3.85. The van der Waals surface area contributed by atoms with Crippen LogP contribution in [-0.2, 0) is 0 Å². The van der Waals surface area contributed by atoms with E-state index in [4.69, 9.17) is 5.73 Å². The molecule has 0 saturated carbocycles.